The highest BCUT2D eigenvalue weighted by Gasteiger charge is 2.16. The lowest BCUT2D eigenvalue weighted by Crippen LogP contribution is -2.33. The molecule has 0 aromatic heterocycles. The minimum atomic E-state index is -3.80. The summed E-state index contributed by atoms with van der Waals surface area (Å²) in [5.41, 5.74) is 0. The number of halogens is 2. The Balaban J connectivity index is 2.89. The molecular formula is C9H11Cl2NO4S. The van der Waals surface area contributed by atoms with Gasteiger partial charge in [-0.05, 0) is 18.2 Å². The van der Waals surface area contributed by atoms with Crippen molar-refractivity contribution in [3.63, 3.8) is 0 Å². The van der Waals surface area contributed by atoms with Crippen LogP contribution in [0.1, 0.15) is 0 Å². The van der Waals surface area contributed by atoms with Gasteiger partial charge in [0.25, 0.3) is 0 Å². The summed E-state index contributed by atoms with van der Waals surface area (Å²) < 4.78 is 25.6. The molecule has 0 fully saturated rings. The van der Waals surface area contributed by atoms with Crippen LogP contribution in [0.25, 0.3) is 0 Å². The highest BCUT2D eigenvalue weighted by molar-refractivity contribution is 7.89. The number of benzene rings is 1. The zero-order valence-corrected chi connectivity index (χ0v) is 10.9. The molecule has 3 N–H and O–H groups in total. The highest BCUT2D eigenvalue weighted by atomic mass is 35.5. The molecule has 0 aliphatic heterocycles. The predicted octanol–water partition coefficient (Wildman–Crippen LogP) is 0.625. The second-order valence-corrected chi connectivity index (χ2v) is 5.93. The highest BCUT2D eigenvalue weighted by Crippen LogP contribution is 2.22. The van der Waals surface area contributed by atoms with Gasteiger partial charge in [0.05, 0.1) is 17.6 Å². The van der Waals surface area contributed by atoms with Crippen LogP contribution in [0, 0.1) is 0 Å². The summed E-state index contributed by atoms with van der Waals surface area (Å²) in [6, 6.07) is 3.88. The molecule has 0 saturated carbocycles. The second-order valence-electron chi connectivity index (χ2n) is 3.29. The van der Waals surface area contributed by atoms with Gasteiger partial charge in [0.2, 0.25) is 10.0 Å². The summed E-state index contributed by atoms with van der Waals surface area (Å²) in [6.45, 7) is -0.818. The predicted molar refractivity (Wildman–Crippen MR) is 64.7 cm³/mol. The molecule has 0 spiro atoms. The molecule has 0 amide bonds. The molecule has 0 radical (unpaired) electrons. The maximum absolute atomic E-state index is 11.7. The van der Waals surface area contributed by atoms with Crippen molar-refractivity contribution in [2.45, 2.75) is 11.0 Å². The van der Waals surface area contributed by atoms with Gasteiger partial charge >= 0.3 is 0 Å². The SMILES string of the molecule is O=S(=O)(NCC(O)CO)c1cc(Cl)cc(Cl)c1. The normalized spacial score (nSPS) is 13.6. The Morgan fingerprint density at radius 3 is 2.24 bits per heavy atom. The van der Waals surface area contributed by atoms with Crippen LogP contribution in [-0.2, 0) is 10.0 Å². The smallest absolute Gasteiger partial charge is 0.240 e. The quantitative estimate of drug-likeness (QED) is 0.744. The van der Waals surface area contributed by atoms with Crippen molar-refractivity contribution in [2.75, 3.05) is 13.2 Å². The molecule has 1 atom stereocenters. The average molecular weight is 300 g/mol. The van der Waals surface area contributed by atoms with E-state index in [1.807, 2.05) is 0 Å². The van der Waals surface area contributed by atoms with Gasteiger partial charge in [-0.15, -0.1) is 0 Å². The van der Waals surface area contributed by atoms with E-state index in [0.29, 0.717) is 0 Å². The zero-order valence-electron chi connectivity index (χ0n) is 8.60. The van der Waals surface area contributed by atoms with E-state index in [1.54, 1.807) is 0 Å². The lowest BCUT2D eigenvalue weighted by atomic mass is 10.4. The van der Waals surface area contributed by atoms with Crippen LogP contribution in [-0.4, -0.2) is 37.9 Å². The zero-order chi connectivity index (χ0) is 13.1. The largest absolute Gasteiger partial charge is 0.394 e. The van der Waals surface area contributed by atoms with Gasteiger partial charge in [-0.2, -0.15) is 0 Å². The van der Waals surface area contributed by atoms with Crippen molar-refractivity contribution in [3.05, 3.63) is 28.2 Å². The van der Waals surface area contributed by atoms with Crippen LogP contribution < -0.4 is 4.72 Å². The minimum Gasteiger partial charge on any atom is -0.394 e. The first-order valence-electron chi connectivity index (χ1n) is 4.60. The first-order valence-corrected chi connectivity index (χ1v) is 6.84. The van der Waals surface area contributed by atoms with E-state index >= 15 is 0 Å². The molecule has 5 nitrogen and oxygen atoms in total. The third-order valence-corrected chi connectivity index (χ3v) is 3.71. The number of rotatable bonds is 5. The molecule has 1 unspecified atom stereocenters. The molecule has 1 aromatic carbocycles. The van der Waals surface area contributed by atoms with Gasteiger partial charge in [0.1, 0.15) is 0 Å². The van der Waals surface area contributed by atoms with Gasteiger partial charge in [0, 0.05) is 16.6 Å². The lowest BCUT2D eigenvalue weighted by molar-refractivity contribution is 0.0988. The van der Waals surface area contributed by atoms with E-state index in [1.165, 1.54) is 18.2 Å². The van der Waals surface area contributed by atoms with E-state index < -0.39 is 22.7 Å². The van der Waals surface area contributed by atoms with Gasteiger partial charge in [-0.1, -0.05) is 23.2 Å². The van der Waals surface area contributed by atoms with Crippen molar-refractivity contribution < 1.29 is 18.6 Å². The number of sulfonamides is 1. The van der Waals surface area contributed by atoms with Crippen LogP contribution in [0.3, 0.4) is 0 Å². The lowest BCUT2D eigenvalue weighted by Gasteiger charge is -2.10. The van der Waals surface area contributed by atoms with Gasteiger partial charge < -0.3 is 10.2 Å². The molecule has 0 saturated heterocycles. The van der Waals surface area contributed by atoms with E-state index in [2.05, 4.69) is 4.72 Å². The summed E-state index contributed by atoms with van der Waals surface area (Å²) in [7, 11) is -3.80. The second kappa shape index (κ2) is 5.99. The molecule has 0 aliphatic rings. The Labute approximate surface area is 109 Å². The molecule has 0 heterocycles. The minimum absolute atomic E-state index is 0.0971. The molecular weight excluding hydrogens is 289 g/mol. The van der Waals surface area contributed by atoms with Gasteiger partial charge in [-0.25, -0.2) is 13.1 Å². The third-order valence-electron chi connectivity index (χ3n) is 1.87. The fraction of sp³-hybridized carbons (Fsp3) is 0.333. The number of hydrogen-bond donors (Lipinski definition) is 3. The number of nitrogens with one attached hydrogen (secondary N) is 1. The maximum atomic E-state index is 11.7. The average Bonchev–Trinajstić information content (AvgIpc) is 2.24. The molecule has 1 aromatic rings. The third kappa shape index (κ3) is 4.42. The Morgan fingerprint density at radius 2 is 1.76 bits per heavy atom. The molecule has 1 rings (SSSR count). The number of hydrogen-bond acceptors (Lipinski definition) is 4. The summed E-state index contributed by atoms with van der Waals surface area (Å²) in [4.78, 5) is -0.0971. The van der Waals surface area contributed by atoms with Crippen molar-refractivity contribution in [1.29, 1.82) is 0 Å². The van der Waals surface area contributed by atoms with Crippen molar-refractivity contribution in [2.24, 2.45) is 0 Å². The summed E-state index contributed by atoms with van der Waals surface area (Å²) >= 11 is 11.4. The Hall–Kier alpha value is -0.370. The van der Waals surface area contributed by atoms with Gasteiger partial charge in [0.15, 0.2) is 0 Å². The van der Waals surface area contributed by atoms with E-state index in [-0.39, 0.29) is 21.5 Å². The van der Waals surface area contributed by atoms with Crippen LogP contribution in [0.4, 0.5) is 0 Å². The Bertz CT molecular complexity index is 472. The molecule has 96 valence electrons. The Kier molecular flexibility index (Phi) is 5.18. The van der Waals surface area contributed by atoms with E-state index in [4.69, 9.17) is 33.4 Å². The number of aliphatic hydroxyl groups is 2. The number of aliphatic hydroxyl groups excluding tert-OH is 2. The van der Waals surface area contributed by atoms with Crippen molar-refractivity contribution in [1.82, 2.24) is 4.72 Å². The van der Waals surface area contributed by atoms with Crippen LogP contribution in [0.5, 0.6) is 0 Å². The van der Waals surface area contributed by atoms with E-state index in [9.17, 15) is 8.42 Å². The van der Waals surface area contributed by atoms with Crippen molar-refractivity contribution >= 4 is 33.2 Å². The van der Waals surface area contributed by atoms with E-state index in [0.717, 1.165) is 0 Å². The first kappa shape index (κ1) is 14.7. The Morgan fingerprint density at radius 1 is 1.24 bits per heavy atom. The summed E-state index contributed by atoms with van der Waals surface area (Å²) in [5.74, 6) is 0. The first-order chi connectivity index (χ1) is 7.85. The molecule has 8 heteroatoms. The fourth-order valence-corrected chi connectivity index (χ4v) is 2.84. The summed E-state index contributed by atoms with van der Waals surface area (Å²) in [5, 5.41) is 18.0. The maximum Gasteiger partial charge on any atom is 0.240 e. The van der Waals surface area contributed by atoms with Gasteiger partial charge in [-0.3, -0.25) is 0 Å². The molecule has 0 aliphatic carbocycles. The summed E-state index contributed by atoms with van der Waals surface area (Å²) in [6.07, 6.45) is -1.15. The molecule has 0 bridgehead atoms. The molecule has 17 heavy (non-hydrogen) atoms. The van der Waals surface area contributed by atoms with Crippen molar-refractivity contribution in [3.8, 4) is 0 Å². The fourth-order valence-electron chi connectivity index (χ4n) is 1.04. The topological polar surface area (TPSA) is 86.6 Å². The van der Waals surface area contributed by atoms with Crippen LogP contribution >= 0.6 is 23.2 Å². The standard InChI is InChI=1S/C9H11Cl2NO4S/c10-6-1-7(11)3-9(2-6)17(15,16)12-4-8(14)5-13/h1-3,8,12-14H,4-5H2. The van der Waals surface area contributed by atoms with Crippen LogP contribution in [0.15, 0.2) is 23.1 Å². The van der Waals surface area contributed by atoms with Crippen LogP contribution in [0.2, 0.25) is 10.0 Å². The monoisotopic (exact) mass is 299 g/mol.